The summed E-state index contributed by atoms with van der Waals surface area (Å²) in [4.78, 5) is 113. The first-order chi connectivity index (χ1) is 40.4. The molecular weight excluding hydrogens is 1110 g/mol. The van der Waals surface area contributed by atoms with Gasteiger partial charge in [0.15, 0.2) is 5.78 Å². The Balaban J connectivity index is 0.982. The second-order valence-electron chi connectivity index (χ2n) is 21.9. The summed E-state index contributed by atoms with van der Waals surface area (Å²) in [7, 11) is 0. The Morgan fingerprint density at radius 2 is 1.62 bits per heavy atom. The van der Waals surface area contributed by atoms with Crippen LogP contribution in [0.5, 0.6) is 0 Å². The average Bonchev–Trinajstić information content (AvgIpc) is 1.98. The number of likely N-dealkylation sites (tertiary alicyclic amines) is 1. The number of primary amides is 1. The Morgan fingerprint density at radius 3 is 2.31 bits per heavy atom. The third-order valence-electron chi connectivity index (χ3n) is 15.4. The number of halogens is 3. The van der Waals surface area contributed by atoms with Gasteiger partial charge in [-0.1, -0.05) is 62.7 Å². The molecule has 4 aromatic rings. The Labute approximate surface area is 492 Å². The fraction of sp³-hybridized carbons (Fsp3) is 0.492. The maximum atomic E-state index is 16.4. The summed E-state index contributed by atoms with van der Waals surface area (Å²) in [6.45, 7) is 4.49. The number of nitrogens with one attached hydrogen (secondary N) is 3. The molecule has 23 heteroatoms. The largest absolute Gasteiger partial charge is 0.445 e. The number of imidazole rings is 1. The number of urea groups is 1. The van der Waals surface area contributed by atoms with E-state index in [1.807, 2.05) is 41.2 Å². The summed E-state index contributed by atoms with van der Waals surface area (Å²) >= 11 is 1.49. The van der Waals surface area contributed by atoms with Gasteiger partial charge >= 0.3 is 12.1 Å². The standard InChI is InChI=1S/C61H76F3N9O10S/c1-39(2)56(69-52(75)14-8-5-9-27-72-53(76)21-22-54(72)77)51(74)31-43(13-10-26-66-60(65)80)59(79)67-46-18-15-41(16-19-46)38-83-61(81)71-34-44(49(64)36-71)35-73(55(78)25-30-84-3)57(42-23-28-82-29-24-42)58-68-50(47-32-45(62)17-20-48(47)63)37-70(58)33-40-11-6-4-7-12-40/h4,6-7,11-12,15-22,32,37,39,42-44,49,56-57H,5,8-10,13-14,23-31,33-36,38H2,1-3H3,(H,67,79)(H,69,75)(H3,65,66,80)/t43-,44+,49+,56+,57-/m1/s1. The molecular formula is C61H76F3N9O10S. The minimum absolute atomic E-state index is 0.0419. The number of rotatable bonds is 30. The van der Waals surface area contributed by atoms with Crippen LogP contribution in [0.3, 0.4) is 0 Å². The van der Waals surface area contributed by atoms with Gasteiger partial charge in [0, 0.05) is 112 Å². The maximum absolute atomic E-state index is 16.4. The summed E-state index contributed by atoms with van der Waals surface area (Å²) in [5.74, 6) is -4.72. The summed E-state index contributed by atoms with van der Waals surface area (Å²) in [6, 6.07) is 16.8. The summed E-state index contributed by atoms with van der Waals surface area (Å²) in [5.41, 5.74) is 7.22. The Bertz CT molecular complexity index is 2940. The zero-order valence-corrected chi connectivity index (χ0v) is 48.6. The molecule has 7 rings (SSSR count). The van der Waals surface area contributed by atoms with Crippen molar-refractivity contribution in [2.45, 2.75) is 109 Å². The number of anilines is 1. The van der Waals surface area contributed by atoms with Crippen LogP contribution in [0.15, 0.2) is 91.1 Å². The van der Waals surface area contributed by atoms with Crippen molar-refractivity contribution in [3.63, 3.8) is 0 Å². The number of carbonyl (C=O) groups is 8. The molecule has 0 saturated carbocycles. The van der Waals surface area contributed by atoms with E-state index in [9.17, 15) is 42.7 Å². The van der Waals surface area contributed by atoms with Crippen LogP contribution in [0.25, 0.3) is 11.3 Å². The number of carbonyl (C=O) groups excluding carboxylic acids is 8. The molecule has 0 radical (unpaired) electrons. The van der Waals surface area contributed by atoms with Gasteiger partial charge in [-0.25, -0.2) is 27.7 Å². The van der Waals surface area contributed by atoms with Crippen LogP contribution < -0.4 is 21.7 Å². The highest BCUT2D eigenvalue weighted by Gasteiger charge is 2.43. The molecule has 3 aliphatic rings. The monoisotopic (exact) mass is 1180 g/mol. The number of thioether (sulfide) groups is 1. The van der Waals surface area contributed by atoms with E-state index >= 15 is 8.78 Å². The first-order valence-corrected chi connectivity index (χ1v) is 30.0. The van der Waals surface area contributed by atoms with Crippen molar-refractivity contribution in [3.05, 3.63) is 120 Å². The molecule has 8 amide bonds. The van der Waals surface area contributed by atoms with Gasteiger partial charge in [-0.3, -0.25) is 33.7 Å². The number of hydrogen-bond donors (Lipinski definition) is 4. The Kier molecular flexibility index (Phi) is 23.9. The second-order valence-corrected chi connectivity index (χ2v) is 22.9. The van der Waals surface area contributed by atoms with E-state index in [2.05, 4.69) is 16.0 Å². The number of ether oxygens (including phenoxy) is 2. The van der Waals surface area contributed by atoms with Gasteiger partial charge in [0.05, 0.1) is 24.3 Å². The minimum Gasteiger partial charge on any atom is -0.445 e. The predicted molar refractivity (Wildman–Crippen MR) is 310 cm³/mol. The number of aromatic nitrogens is 2. The van der Waals surface area contributed by atoms with E-state index in [4.69, 9.17) is 20.2 Å². The van der Waals surface area contributed by atoms with Crippen molar-refractivity contribution in [1.82, 2.24) is 34.9 Å². The highest BCUT2D eigenvalue weighted by atomic mass is 32.2. The van der Waals surface area contributed by atoms with Crippen LogP contribution in [-0.2, 0) is 51.4 Å². The fourth-order valence-corrected chi connectivity index (χ4v) is 11.2. The molecule has 1 aromatic heterocycles. The van der Waals surface area contributed by atoms with Gasteiger partial charge in [0.2, 0.25) is 17.7 Å². The van der Waals surface area contributed by atoms with Crippen molar-refractivity contribution >= 4 is 64.9 Å². The molecule has 0 spiro atoms. The number of nitrogens with two attached hydrogens (primary N) is 1. The predicted octanol–water partition coefficient (Wildman–Crippen LogP) is 8.12. The van der Waals surface area contributed by atoms with Crippen LogP contribution in [0.1, 0.15) is 101 Å². The molecule has 5 atom stereocenters. The lowest BCUT2D eigenvalue weighted by Gasteiger charge is -2.40. The smallest absolute Gasteiger partial charge is 0.410 e. The number of hydrogen-bond acceptors (Lipinski definition) is 12. The molecule has 5 N–H and O–H groups in total. The Hall–Kier alpha value is -7.53. The van der Waals surface area contributed by atoms with Crippen LogP contribution in [0, 0.1) is 35.3 Å². The van der Waals surface area contributed by atoms with Crippen molar-refractivity contribution in [2.75, 3.05) is 63.3 Å². The number of benzene rings is 3. The SMILES string of the molecule is CSCCC(=O)N(C[C@@H]1CN(C(=O)OCc2ccc(NC(=O)[C@H](CCCNC(N)=O)CC(=O)[C@@H](NC(=O)CCCCCN3C(=O)C=CC3=O)C(C)C)cc2)C[C@@H]1F)[C@@H](c1nc(-c2cc(F)ccc2F)cn1Cc1ccccc1)C1CCOCC1. The lowest BCUT2D eigenvalue weighted by Crippen LogP contribution is -2.45. The zero-order valence-electron chi connectivity index (χ0n) is 47.8. The summed E-state index contributed by atoms with van der Waals surface area (Å²) in [5, 5.41) is 8.16. The van der Waals surface area contributed by atoms with Gasteiger partial charge in [0.25, 0.3) is 11.8 Å². The second kappa shape index (κ2) is 31.4. The van der Waals surface area contributed by atoms with Gasteiger partial charge in [-0.05, 0) is 98.1 Å². The first-order valence-electron chi connectivity index (χ1n) is 28.7. The molecule has 19 nitrogen and oxygen atoms in total. The number of amides is 8. The molecule has 2 saturated heterocycles. The van der Waals surface area contributed by atoms with Crippen LogP contribution in [0.4, 0.5) is 28.4 Å². The van der Waals surface area contributed by atoms with E-state index < -0.39 is 59.8 Å². The van der Waals surface area contributed by atoms with E-state index in [1.54, 1.807) is 49.2 Å². The Morgan fingerprint density at radius 1 is 0.893 bits per heavy atom. The van der Waals surface area contributed by atoms with Crippen LogP contribution in [0.2, 0.25) is 0 Å². The van der Waals surface area contributed by atoms with Gasteiger partial charge in [-0.2, -0.15) is 11.8 Å². The highest BCUT2D eigenvalue weighted by Crippen LogP contribution is 2.39. The van der Waals surface area contributed by atoms with Crippen molar-refractivity contribution in [1.29, 1.82) is 0 Å². The molecule has 0 bridgehead atoms. The fourth-order valence-electron chi connectivity index (χ4n) is 10.8. The van der Waals surface area contributed by atoms with E-state index in [0.717, 1.165) is 28.7 Å². The van der Waals surface area contributed by atoms with Crippen molar-refractivity contribution in [2.24, 2.45) is 29.4 Å². The average molecular weight is 1180 g/mol. The van der Waals surface area contributed by atoms with Gasteiger partial charge in [0.1, 0.15) is 30.2 Å². The van der Waals surface area contributed by atoms with E-state index in [-0.39, 0.29) is 118 Å². The quantitative estimate of drug-likeness (QED) is 0.0286. The molecule has 2 fully saturated rings. The van der Waals surface area contributed by atoms with Crippen molar-refractivity contribution < 1.29 is 61.0 Å². The van der Waals surface area contributed by atoms with Gasteiger partial charge in [-0.15, -0.1) is 0 Å². The van der Waals surface area contributed by atoms with Crippen LogP contribution in [-0.4, -0.2) is 142 Å². The number of unbranched alkanes of at least 4 members (excludes halogenated alkanes) is 2. The maximum Gasteiger partial charge on any atom is 0.410 e. The minimum atomic E-state index is -1.53. The number of nitrogens with zero attached hydrogens (tertiary/aromatic N) is 5. The lowest BCUT2D eigenvalue weighted by atomic mass is 9.88. The molecule has 3 aliphatic heterocycles. The molecule has 84 heavy (non-hydrogen) atoms. The molecule has 3 aromatic carbocycles. The van der Waals surface area contributed by atoms with E-state index in [1.165, 1.54) is 28.8 Å². The normalized spacial score (nSPS) is 17.3. The van der Waals surface area contributed by atoms with E-state index in [0.29, 0.717) is 81.1 Å². The molecule has 0 unspecified atom stereocenters. The lowest BCUT2D eigenvalue weighted by molar-refractivity contribution is -0.138. The summed E-state index contributed by atoms with van der Waals surface area (Å²) in [6.07, 6.45) is 6.91. The number of imide groups is 1. The number of ketones is 1. The molecule has 0 aliphatic carbocycles. The molecule has 452 valence electrons. The third-order valence-corrected chi connectivity index (χ3v) is 16.0. The van der Waals surface area contributed by atoms with Gasteiger partial charge < -0.3 is 45.5 Å². The molecule has 4 heterocycles. The summed E-state index contributed by atoms with van der Waals surface area (Å²) < 4.78 is 59.9. The highest BCUT2D eigenvalue weighted by molar-refractivity contribution is 7.98. The first kappa shape index (κ1) is 64.0. The number of alkyl halides is 1. The number of Topliss-reactive ketones (excluding diaryl/α,β-unsaturated/α-hetero) is 1. The topological polar surface area (TPSA) is 245 Å². The zero-order chi connectivity index (χ0) is 60.3. The van der Waals surface area contributed by atoms with Crippen LogP contribution >= 0.6 is 11.8 Å². The third kappa shape index (κ3) is 18.2. The van der Waals surface area contributed by atoms with Crippen molar-refractivity contribution in [3.8, 4) is 11.3 Å².